The number of esters is 1. The number of alkyl halides is 4. The van der Waals surface area contributed by atoms with Gasteiger partial charge in [-0.1, -0.05) is 27.5 Å². The van der Waals surface area contributed by atoms with Gasteiger partial charge in [-0.05, 0) is 18.2 Å². The summed E-state index contributed by atoms with van der Waals surface area (Å²) in [4.78, 5) is 10.4. The van der Waals surface area contributed by atoms with E-state index in [9.17, 15) is 18.0 Å². The lowest BCUT2D eigenvalue weighted by molar-refractivity contribution is -0.139. The molecule has 0 spiro atoms. The molecule has 1 atom stereocenters. The zero-order valence-electron chi connectivity index (χ0n) is 9.72. The van der Waals surface area contributed by atoms with Gasteiger partial charge in [-0.3, -0.25) is 4.79 Å². The van der Waals surface area contributed by atoms with E-state index in [-0.39, 0.29) is 17.3 Å². The number of hydrogen-bond acceptors (Lipinski definition) is 3. The third kappa shape index (κ3) is 4.58. The van der Waals surface area contributed by atoms with Gasteiger partial charge >= 0.3 is 12.1 Å². The van der Waals surface area contributed by atoms with Gasteiger partial charge in [-0.2, -0.15) is 13.2 Å². The molecule has 0 aromatic heterocycles. The van der Waals surface area contributed by atoms with E-state index in [1.54, 1.807) is 0 Å². The van der Waals surface area contributed by atoms with Crippen LogP contribution in [-0.2, 0) is 15.7 Å². The Balaban J connectivity index is 2.81. The van der Waals surface area contributed by atoms with Crippen molar-refractivity contribution in [1.29, 1.82) is 0 Å². The number of hydrogen-bond donors (Lipinski definition) is 1. The highest BCUT2D eigenvalue weighted by molar-refractivity contribution is 9.10. The first-order valence-corrected chi connectivity index (χ1v) is 6.37. The summed E-state index contributed by atoms with van der Waals surface area (Å²) in [7, 11) is 1.22. The summed E-state index contributed by atoms with van der Waals surface area (Å²) >= 11 is 8.82. The first-order valence-electron chi connectivity index (χ1n) is 5.08. The molecule has 8 heteroatoms. The minimum Gasteiger partial charge on any atom is -0.468 e. The number of ether oxygens (including phenoxy) is 1. The quantitative estimate of drug-likeness (QED) is 0.657. The van der Waals surface area contributed by atoms with Crippen molar-refractivity contribution in [2.75, 3.05) is 19.0 Å². The topological polar surface area (TPSA) is 38.3 Å². The summed E-state index contributed by atoms with van der Waals surface area (Å²) < 4.78 is 42.1. The van der Waals surface area contributed by atoms with Crippen molar-refractivity contribution < 1.29 is 22.7 Å². The fraction of sp³-hybridized carbons (Fsp3) is 0.364. The molecule has 0 saturated carbocycles. The SMILES string of the molecule is COC(=O)C(Br)CNc1cc(C(F)(F)F)ccc1Cl. The highest BCUT2D eigenvalue weighted by Gasteiger charge is 2.31. The smallest absolute Gasteiger partial charge is 0.416 e. The van der Waals surface area contributed by atoms with Crippen LogP contribution in [0, 0.1) is 0 Å². The van der Waals surface area contributed by atoms with Crippen molar-refractivity contribution >= 4 is 39.2 Å². The van der Waals surface area contributed by atoms with Crippen LogP contribution in [0.25, 0.3) is 0 Å². The van der Waals surface area contributed by atoms with E-state index in [4.69, 9.17) is 11.6 Å². The molecule has 106 valence electrons. The summed E-state index contributed by atoms with van der Waals surface area (Å²) in [5, 5.41) is 2.80. The van der Waals surface area contributed by atoms with Crippen molar-refractivity contribution in [3.8, 4) is 0 Å². The van der Waals surface area contributed by atoms with Crippen LogP contribution in [0.5, 0.6) is 0 Å². The van der Waals surface area contributed by atoms with Gasteiger partial charge in [0.05, 0.1) is 23.4 Å². The molecule has 0 aliphatic rings. The lowest BCUT2D eigenvalue weighted by Crippen LogP contribution is -2.24. The standard InChI is InChI=1S/C11H10BrClF3NO2/c1-19-10(18)7(12)5-17-9-4-6(11(14,15)16)2-3-8(9)13/h2-4,7,17H,5H2,1H3. The van der Waals surface area contributed by atoms with Crippen LogP contribution in [0.1, 0.15) is 5.56 Å². The van der Waals surface area contributed by atoms with Crippen LogP contribution in [-0.4, -0.2) is 24.5 Å². The van der Waals surface area contributed by atoms with Gasteiger partial charge in [0.25, 0.3) is 0 Å². The van der Waals surface area contributed by atoms with Crippen LogP contribution >= 0.6 is 27.5 Å². The first-order chi connectivity index (χ1) is 8.75. The second kappa shape index (κ2) is 6.47. The van der Waals surface area contributed by atoms with Crippen molar-refractivity contribution in [3.63, 3.8) is 0 Å². The molecule has 3 nitrogen and oxygen atoms in total. The van der Waals surface area contributed by atoms with E-state index in [2.05, 4.69) is 26.0 Å². The van der Waals surface area contributed by atoms with Crippen molar-refractivity contribution in [2.24, 2.45) is 0 Å². The van der Waals surface area contributed by atoms with Gasteiger partial charge in [-0.25, -0.2) is 0 Å². The minimum atomic E-state index is -4.45. The Hall–Kier alpha value is -0.950. The minimum absolute atomic E-state index is 0.0493. The maximum Gasteiger partial charge on any atom is 0.416 e. The van der Waals surface area contributed by atoms with Gasteiger partial charge < -0.3 is 10.1 Å². The first kappa shape index (κ1) is 16.1. The molecule has 1 aromatic carbocycles. The Bertz CT molecular complexity index is 468. The lowest BCUT2D eigenvalue weighted by Gasteiger charge is -2.14. The number of nitrogens with one attached hydrogen (secondary N) is 1. The molecule has 0 aliphatic carbocycles. The molecule has 0 fully saturated rings. The van der Waals surface area contributed by atoms with E-state index in [1.807, 2.05) is 0 Å². The number of benzene rings is 1. The van der Waals surface area contributed by atoms with Gasteiger partial charge in [0, 0.05) is 6.54 Å². The monoisotopic (exact) mass is 359 g/mol. The van der Waals surface area contributed by atoms with Crippen LogP contribution in [0.4, 0.5) is 18.9 Å². The molecule has 0 bridgehead atoms. The van der Waals surface area contributed by atoms with E-state index in [0.29, 0.717) is 0 Å². The van der Waals surface area contributed by atoms with Gasteiger partial charge in [0.2, 0.25) is 0 Å². The van der Waals surface area contributed by atoms with Crippen molar-refractivity contribution in [3.05, 3.63) is 28.8 Å². The predicted octanol–water partition coefficient (Wildman–Crippen LogP) is 3.71. The molecule has 0 saturated heterocycles. The number of anilines is 1. The summed E-state index contributed by atoms with van der Waals surface area (Å²) in [6.45, 7) is 0.0493. The highest BCUT2D eigenvalue weighted by atomic mass is 79.9. The Morgan fingerprint density at radius 3 is 2.68 bits per heavy atom. The van der Waals surface area contributed by atoms with Gasteiger partial charge in [-0.15, -0.1) is 0 Å². The average molecular weight is 361 g/mol. The molecule has 1 unspecified atom stereocenters. The Morgan fingerprint density at radius 1 is 1.53 bits per heavy atom. The second-order valence-electron chi connectivity index (χ2n) is 3.56. The van der Waals surface area contributed by atoms with Gasteiger partial charge in [0.1, 0.15) is 4.83 Å². The number of rotatable bonds is 4. The predicted molar refractivity (Wildman–Crippen MR) is 69.7 cm³/mol. The number of methoxy groups -OCH3 is 1. The van der Waals surface area contributed by atoms with Gasteiger partial charge in [0.15, 0.2) is 0 Å². The zero-order chi connectivity index (χ0) is 14.6. The highest BCUT2D eigenvalue weighted by Crippen LogP contribution is 2.33. The van der Waals surface area contributed by atoms with E-state index in [1.165, 1.54) is 7.11 Å². The Kier molecular flexibility index (Phi) is 5.49. The maximum absolute atomic E-state index is 12.5. The molecule has 1 rings (SSSR count). The molecule has 0 radical (unpaired) electrons. The molecule has 0 aliphatic heterocycles. The van der Waals surface area contributed by atoms with Crippen LogP contribution in [0.3, 0.4) is 0 Å². The van der Waals surface area contributed by atoms with Crippen LogP contribution < -0.4 is 5.32 Å². The normalized spacial score (nSPS) is 12.9. The third-order valence-electron chi connectivity index (χ3n) is 2.22. The van der Waals surface area contributed by atoms with E-state index >= 15 is 0 Å². The number of halogens is 5. The second-order valence-corrected chi connectivity index (χ2v) is 5.08. The van der Waals surface area contributed by atoms with Crippen molar-refractivity contribution in [2.45, 2.75) is 11.0 Å². The molecule has 0 heterocycles. The van der Waals surface area contributed by atoms with Crippen LogP contribution in [0.2, 0.25) is 5.02 Å². The number of carbonyl (C=O) groups excluding carboxylic acids is 1. The summed E-state index contributed by atoms with van der Waals surface area (Å²) in [5.74, 6) is -0.532. The summed E-state index contributed by atoms with van der Waals surface area (Å²) in [6.07, 6.45) is -4.45. The molecular formula is C11H10BrClF3NO2. The molecule has 19 heavy (non-hydrogen) atoms. The molecule has 1 N–H and O–H groups in total. The molecular weight excluding hydrogens is 350 g/mol. The lowest BCUT2D eigenvalue weighted by atomic mass is 10.2. The van der Waals surface area contributed by atoms with Crippen molar-refractivity contribution in [1.82, 2.24) is 0 Å². The maximum atomic E-state index is 12.5. The van der Waals surface area contributed by atoms with E-state index < -0.39 is 22.5 Å². The fourth-order valence-electron chi connectivity index (χ4n) is 1.25. The average Bonchev–Trinajstić information content (AvgIpc) is 2.35. The van der Waals surface area contributed by atoms with E-state index in [0.717, 1.165) is 18.2 Å². The molecule has 0 amide bonds. The largest absolute Gasteiger partial charge is 0.468 e. The summed E-state index contributed by atoms with van der Waals surface area (Å²) in [6, 6.07) is 2.92. The molecule has 1 aromatic rings. The fourth-order valence-corrected chi connectivity index (χ4v) is 1.78. The number of carbonyl (C=O) groups is 1. The van der Waals surface area contributed by atoms with Crippen LogP contribution in [0.15, 0.2) is 18.2 Å². The zero-order valence-corrected chi connectivity index (χ0v) is 12.1. The summed E-state index contributed by atoms with van der Waals surface area (Å²) in [5.41, 5.74) is -0.714. The Morgan fingerprint density at radius 2 is 2.16 bits per heavy atom. The third-order valence-corrected chi connectivity index (χ3v) is 3.25. The Labute approximate surface area is 121 Å².